The van der Waals surface area contributed by atoms with Crippen LogP contribution in [0.4, 0.5) is 0 Å². The van der Waals surface area contributed by atoms with E-state index in [-0.39, 0.29) is 6.61 Å². The van der Waals surface area contributed by atoms with Gasteiger partial charge in [-0.05, 0) is 43.4 Å². The van der Waals surface area contributed by atoms with Crippen LogP contribution < -0.4 is 0 Å². The fourth-order valence-corrected chi connectivity index (χ4v) is 2.02. The van der Waals surface area contributed by atoms with Crippen molar-refractivity contribution in [1.82, 2.24) is 0 Å². The number of aliphatic hydroxyl groups excluding tert-OH is 1. The first-order valence-corrected chi connectivity index (χ1v) is 7.38. The molecule has 0 radical (unpaired) electrons. The van der Waals surface area contributed by atoms with E-state index in [0.29, 0.717) is 0 Å². The third-order valence-corrected chi connectivity index (χ3v) is 3.27. The lowest BCUT2D eigenvalue weighted by Gasteiger charge is -2.02. The Morgan fingerprint density at radius 1 is 1.11 bits per heavy atom. The van der Waals surface area contributed by atoms with Crippen LogP contribution in [-0.4, -0.2) is 11.7 Å². The Balaban J connectivity index is 2.62. The minimum atomic E-state index is 0.220. The molecule has 1 N–H and O–H groups in total. The standard InChI is InChI=1S/C18H26O/c1-3-4-5-6-7-17(14-15-19)12-13-18-10-8-16(2)9-11-18/h8-11,13,19H,3-7,14-15H2,1-2H3. The molecule has 0 aromatic heterocycles. The predicted molar refractivity (Wildman–Crippen MR) is 83.1 cm³/mol. The smallest absolute Gasteiger partial charge is 0.0474 e. The summed E-state index contributed by atoms with van der Waals surface area (Å²) in [7, 11) is 0. The fourth-order valence-electron chi connectivity index (χ4n) is 2.02. The zero-order chi connectivity index (χ0) is 13.9. The molecule has 0 unspecified atom stereocenters. The molecule has 1 aromatic rings. The Bertz CT molecular complexity index is 408. The SMILES string of the molecule is CCCCCCC(=C=Cc1ccc(C)cc1)CCO. The topological polar surface area (TPSA) is 20.2 Å². The van der Waals surface area contributed by atoms with Crippen molar-refractivity contribution >= 4 is 6.08 Å². The van der Waals surface area contributed by atoms with E-state index in [2.05, 4.69) is 43.8 Å². The highest BCUT2D eigenvalue weighted by Crippen LogP contribution is 2.13. The third kappa shape index (κ3) is 7.00. The molecule has 0 bridgehead atoms. The minimum Gasteiger partial charge on any atom is -0.396 e. The molecule has 1 aromatic carbocycles. The van der Waals surface area contributed by atoms with Gasteiger partial charge in [0, 0.05) is 6.61 Å². The summed E-state index contributed by atoms with van der Waals surface area (Å²) in [6.07, 6.45) is 8.88. The van der Waals surface area contributed by atoms with Gasteiger partial charge in [-0.2, -0.15) is 0 Å². The van der Waals surface area contributed by atoms with Crippen molar-refractivity contribution in [3.8, 4) is 0 Å². The van der Waals surface area contributed by atoms with Crippen molar-refractivity contribution in [2.24, 2.45) is 0 Å². The highest BCUT2D eigenvalue weighted by molar-refractivity contribution is 5.49. The second-order valence-electron chi connectivity index (χ2n) is 5.09. The third-order valence-electron chi connectivity index (χ3n) is 3.27. The Morgan fingerprint density at radius 3 is 2.47 bits per heavy atom. The molecule has 0 saturated carbocycles. The van der Waals surface area contributed by atoms with E-state index in [0.717, 1.165) is 12.8 Å². The Hall–Kier alpha value is -1.30. The number of rotatable bonds is 8. The van der Waals surface area contributed by atoms with Gasteiger partial charge in [-0.15, -0.1) is 5.73 Å². The number of hydrogen-bond acceptors (Lipinski definition) is 1. The average Bonchev–Trinajstić information content (AvgIpc) is 2.42. The molecular weight excluding hydrogens is 232 g/mol. The van der Waals surface area contributed by atoms with Crippen LogP contribution in [0.1, 0.15) is 56.6 Å². The Kier molecular flexibility index (Phi) is 7.97. The number of aryl methyl sites for hydroxylation is 1. The molecule has 19 heavy (non-hydrogen) atoms. The summed E-state index contributed by atoms with van der Waals surface area (Å²) in [5.41, 5.74) is 7.05. The zero-order valence-electron chi connectivity index (χ0n) is 12.3. The van der Waals surface area contributed by atoms with Gasteiger partial charge in [0.05, 0.1) is 0 Å². The number of hydrogen-bond donors (Lipinski definition) is 1. The molecule has 1 heteroatoms. The van der Waals surface area contributed by atoms with Crippen molar-refractivity contribution in [2.75, 3.05) is 6.61 Å². The van der Waals surface area contributed by atoms with E-state index >= 15 is 0 Å². The summed E-state index contributed by atoms with van der Waals surface area (Å²) >= 11 is 0. The van der Waals surface area contributed by atoms with E-state index in [9.17, 15) is 0 Å². The molecule has 0 aliphatic heterocycles. The first kappa shape index (κ1) is 15.8. The predicted octanol–water partition coefficient (Wildman–Crippen LogP) is 4.89. The summed E-state index contributed by atoms with van der Waals surface area (Å²) in [6, 6.07) is 8.44. The number of benzene rings is 1. The van der Waals surface area contributed by atoms with Crippen LogP contribution >= 0.6 is 0 Å². The molecule has 0 saturated heterocycles. The highest BCUT2D eigenvalue weighted by atomic mass is 16.2. The van der Waals surface area contributed by atoms with Crippen LogP contribution in [-0.2, 0) is 0 Å². The normalized spacial score (nSPS) is 10.1. The van der Waals surface area contributed by atoms with E-state index in [1.54, 1.807) is 0 Å². The van der Waals surface area contributed by atoms with Crippen LogP contribution in [0, 0.1) is 6.92 Å². The van der Waals surface area contributed by atoms with Gasteiger partial charge in [0.2, 0.25) is 0 Å². The molecule has 0 heterocycles. The Morgan fingerprint density at radius 2 is 1.84 bits per heavy atom. The van der Waals surface area contributed by atoms with Crippen molar-refractivity contribution in [2.45, 2.75) is 52.4 Å². The van der Waals surface area contributed by atoms with Crippen molar-refractivity contribution in [3.63, 3.8) is 0 Å². The lowest BCUT2D eigenvalue weighted by Crippen LogP contribution is -1.88. The summed E-state index contributed by atoms with van der Waals surface area (Å²) in [6.45, 7) is 4.54. The first-order valence-electron chi connectivity index (χ1n) is 7.38. The van der Waals surface area contributed by atoms with Gasteiger partial charge in [-0.25, -0.2) is 0 Å². The van der Waals surface area contributed by atoms with Gasteiger partial charge < -0.3 is 5.11 Å². The van der Waals surface area contributed by atoms with Gasteiger partial charge in [0.15, 0.2) is 0 Å². The molecule has 0 spiro atoms. The highest BCUT2D eigenvalue weighted by Gasteiger charge is 1.96. The van der Waals surface area contributed by atoms with Crippen LogP contribution in [0.25, 0.3) is 6.08 Å². The van der Waals surface area contributed by atoms with Gasteiger partial charge in [0.1, 0.15) is 0 Å². The lowest BCUT2D eigenvalue weighted by atomic mass is 10.0. The minimum absolute atomic E-state index is 0.220. The monoisotopic (exact) mass is 258 g/mol. The molecular formula is C18H26O. The van der Waals surface area contributed by atoms with E-state index in [1.165, 1.54) is 42.4 Å². The van der Waals surface area contributed by atoms with E-state index in [1.807, 2.05) is 6.08 Å². The molecule has 0 amide bonds. The van der Waals surface area contributed by atoms with Crippen LogP contribution in [0.15, 0.2) is 35.6 Å². The molecule has 1 rings (SSSR count). The van der Waals surface area contributed by atoms with Crippen LogP contribution in [0.3, 0.4) is 0 Å². The molecule has 104 valence electrons. The summed E-state index contributed by atoms with van der Waals surface area (Å²) in [4.78, 5) is 0. The molecule has 0 atom stereocenters. The second-order valence-corrected chi connectivity index (χ2v) is 5.09. The maximum atomic E-state index is 9.10. The average molecular weight is 258 g/mol. The van der Waals surface area contributed by atoms with Crippen molar-refractivity contribution < 1.29 is 5.11 Å². The molecule has 1 nitrogen and oxygen atoms in total. The van der Waals surface area contributed by atoms with Gasteiger partial charge in [-0.3, -0.25) is 0 Å². The van der Waals surface area contributed by atoms with Crippen LogP contribution in [0.2, 0.25) is 0 Å². The quantitative estimate of drug-likeness (QED) is 0.520. The maximum Gasteiger partial charge on any atom is 0.0474 e. The first-order chi connectivity index (χ1) is 9.26. The molecule has 0 fully saturated rings. The maximum absolute atomic E-state index is 9.10. The molecule has 0 aliphatic rings. The van der Waals surface area contributed by atoms with E-state index in [4.69, 9.17) is 5.11 Å². The fraction of sp³-hybridized carbons (Fsp3) is 0.500. The largest absolute Gasteiger partial charge is 0.396 e. The summed E-state index contributed by atoms with van der Waals surface area (Å²) < 4.78 is 0. The van der Waals surface area contributed by atoms with Crippen molar-refractivity contribution in [1.29, 1.82) is 0 Å². The summed E-state index contributed by atoms with van der Waals surface area (Å²) in [5, 5.41) is 9.10. The second kappa shape index (κ2) is 9.61. The lowest BCUT2D eigenvalue weighted by molar-refractivity contribution is 0.297. The zero-order valence-corrected chi connectivity index (χ0v) is 12.3. The molecule has 0 aliphatic carbocycles. The van der Waals surface area contributed by atoms with Gasteiger partial charge in [-0.1, -0.05) is 56.0 Å². The number of aliphatic hydroxyl groups is 1. The van der Waals surface area contributed by atoms with Gasteiger partial charge >= 0.3 is 0 Å². The number of unbranched alkanes of at least 4 members (excludes halogenated alkanes) is 3. The summed E-state index contributed by atoms with van der Waals surface area (Å²) in [5.74, 6) is 0. The van der Waals surface area contributed by atoms with Crippen LogP contribution in [0.5, 0.6) is 0 Å². The van der Waals surface area contributed by atoms with Crippen molar-refractivity contribution in [3.05, 3.63) is 46.7 Å². The van der Waals surface area contributed by atoms with Gasteiger partial charge in [0.25, 0.3) is 0 Å². The Labute approximate surface area is 117 Å². The van der Waals surface area contributed by atoms with E-state index < -0.39 is 0 Å².